The number of hydrogen-bond donors (Lipinski definition) is 2. The number of nitrogens with zero attached hydrogens (tertiary/aromatic N) is 2. The Morgan fingerprint density at radius 2 is 1.56 bits per heavy atom. The number of nitrogens with two attached hydrogens (primary N) is 1. The molecule has 3 aromatic rings. The molecule has 6 unspecified atom stereocenters. The van der Waals surface area contributed by atoms with Crippen LogP contribution in [0.2, 0.25) is 0 Å². The Balaban J connectivity index is 1.46. The van der Waals surface area contributed by atoms with E-state index >= 15 is 0 Å². The molecule has 206 valence electrons. The number of aromatic hydroxyl groups is 1. The number of phenolic OH excluding ortho intramolecular Hbond substituents is 1. The largest absolute Gasteiger partial charge is 0.507 e. The number of carbonyl (C=O) groups is 5. The topological polar surface area (TPSA) is 138 Å². The van der Waals surface area contributed by atoms with Crippen LogP contribution < -0.4 is 10.6 Å². The van der Waals surface area contributed by atoms with Gasteiger partial charge in [0.15, 0.2) is 0 Å². The molecule has 7 rings (SSSR count). The monoisotopic (exact) mass is 549 g/mol. The van der Waals surface area contributed by atoms with Crippen LogP contribution in [-0.2, 0) is 19.2 Å². The van der Waals surface area contributed by atoms with E-state index in [1.165, 1.54) is 4.90 Å². The summed E-state index contributed by atoms with van der Waals surface area (Å²) in [5.74, 6) is -5.49. The number of anilines is 1. The highest BCUT2D eigenvalue weighted by atomic mass is 16.3. The number of fused-ring (bicyclic) bond motifs is 5. The SMILES string of the molecule is CC12C(=O)N(c3ccccc3)C(=O)C1CC1C(=CCC3C(=O)N(C(N)=O)C(=O)C31)C2c1ccc(O)c2ccccc12. The maximum Gasteiger partial charge on any atom is 0.328 e. The molecule has 0 spiro atoms. The van der Waals surface area contributed by atoms with E-state index < -0.39 is 52.8 Å². The van der Waals surface area contributed by atoms with E-state index in [1.54, 1.807) is 48.5 Å². The van der Waals surface area contributed by atoms with Crippen LogP contribution in [0.5, 0.6) is 5.75 Å². The zero-order chi connectivity index (χ0) is 28.8. The number of urea groups is 1. The van der Waals surface area contributed by atoms with Gasteiger partial charge in [-0.25, -0.2) is 9.69 Å². The van der Waals surface area contributed by atoms with E-state index in [2.05, 4.69) is 0 Å². The van der Waals surface area contributed by atoms with Gasteiger partial charge in [0.1, 0.15) is 5.75 Å². The van der Waals surface area contributed by atoms with Crippen LogP contribution in [0.1, 0.15) is 31.2 Å². The van der Waals surface area contributed by atoms with Crippen molar-refractivity contribution >= 4 is 46.1 Å². The number of amides is 6. The Bertz CT molecular complexity index is 1730. The number of phenols is 1. The number of primary amides is 1. The molecule has 2 aliphatic heterocycles. The van der Waals surface area contributed by atoms with E-state index in [0.29, 0.717) is 16.0 Å². The van der Waals surface area contributed by atoms with Crippen molar-refractivity contribution in [1.29, 1.82) is 0 Å². The van der Waals surface area contributed by atoms with Gasteiger partial charge in [-0.1, -0.05) is 60.2 Å². The highest BCUT2D eigenvalue weighted by Crippen LogP contribution is 2.64. The van der Waals surface area contributed by atoms with Crippen molar-refractivity contribution < 1.29 is 29.1 Å². The van der Waals surface area contributed by atoms with E-state index in [9.17, 15) is 29.1 Å². The van der Waals surface area contributed by atoms with Crippen molar-refractivity contribution in [3.63, 3.8) is 0 Å². The fraction of sp³-hybridized carbons (Fsp3) is 0.281. The Labute approximate surface area is 235 Å². The van der Waals surface area contributed by atoms with Gasteiger partial charge >= 0.3 is 6.03 Å². The van der Waals surface area contributed by atoms with E-state index in [-0.39, 0.29) is 30.4 Å². The molecular formula is C32H27N3O6. The van der Waals surface area contributed by atoms with Crippen LogP contribution in [0, 0.1) is 29.1 Å². The zero-order valence-electron chi connectivity index (χ0n) is 22.2. The Hall–Kier alpha value is -4.79. The summed E-state index contributed by atoms with van der Waals surface area (Å²) in [6, 6.07) is 18.3. The number of benzene rings is 3. The molecular weight excluding hydrogens is 522 g/mol. The van der Waals surface area contributed by atoms with Crippen molar-refractivity contribution in [2.45, 2.75) is 25.7 Å². The van der Waals surface area contributed by atoms with Gasteiger partial charge < -0.3 is 10.8 Å². The summed E-state index contributed by atoms with van der Waals surface area (Å²) in [5.41, 5.74) is 6.23. The molecule has 6 amide bonds. The van der Waals surface area contributed by atoms with Crippen molar-refractivity contribution in [1.82, 2.24) is 4.90 Å². The third-order valence-corrected chi connectivity index (χ3v) is 9.76. The van der Waals surface area contributed by atoms with Gasteiger partial charge in [-0.05, 0) is 54.8 Å². The van der Waals surface area contributed by atoms with Crippen LogP contribution in [0.25, 0.3) is 10.8 Å². The molecule has 4 aliphatic rings. The first-order chi connectivity index (χ1) is 19.7. The highest BCUT2D eigenvalue weighted by Gasteiger charge is 2.68. The quantitative estimate of drug-likeness (QED) is 0.368. The minimum atomic E-state index is -1.21. The summed E-state index contributed by atoms with van der Waals surface area (Å²) in [4.78, 5) is 69.1. The lowest BCUT2D eigenvalue weighted by molar-refractivity contribution is -0.136. The molecule has 2 heterocycles. The molecule has 6 atom stereocenters. The van der Waals surface area contributed by atoms with Crippen LogP contribution in [-0.4, -0.2) is 39.7 Å². The molecule has 3 aromatic carbocycles. The third-order valence-electron chi connectivity index (χ3n) is 9.76. The minimum absolute atomic E-state index is 0.0875. The average molecular weight is 550 g/mol. The van der Waals surface area contributed by atoms with Crippen LogP contribution in [0.4, 0.5) is 10.5 Å². The van der Waals surface area contributed by atoms with Gasteiger partial charge in [0.2, 0.25) is 23.6 Å². The first kappa shape index (κ1) is 25.2. The van der Waals surface area contributed by atoms with Gasteiger partial charge in [-0.15, -0.1) is 0 Å². The lowest BCUT2D eigenvalue weighted by Crippen LogP contribution is -2.49. The van der Waals surface area contributed by atoms with Crippen molar-refractivity contribution in [2.24, 2.45) is 34.8 Å². The Kier molecular flexibility index (Phi) is 5.29. The molecule has 41 heavy (non-hydrogen) atoms. The molecule has 3 N–H and O–H groups in total. The summed E-state index contributed by atoms with van der Waals surface area (Å²) in [6.07, 6.45) is 2.30. The number of para-hydroxylation sites is 1. The molecule has 9 heteroatoms. The molecule has 2 saturated heterocycles. The standard InChI is InChI=1S/C32H27N3O6/c1-32-23(28(38)34(30(32)40)16-7-3-2-4-8-16)15-22-20(11-12-21-25(22)29(39)35(27(21)37)31(33)41)26(32)19-13-14-24(36)18-10-6-5-9-17(18)19/h2-11,13-14,21-23,25-26,36H,12,15H2,1H3,(H2,33,41). The molecule has 0 radical (unpaired) electrons. The number of carbonyl (C=O) groups excluding carboxylic acids is 5. The van der Waals surface area contributed by atoms with E-state index in [1.807, 2.05) is 31.2 Å². The van der Waals surface area contributed by atoms with Gasteiger partial charge in [0.25, 0.3) is 0 Å². The van der Waals surface area contributed by atoms with Crippen LogP contribution in [0.15, 0.2) is 78.4 Å². The third kappa shape index (κ3) is 3.20. The second-order valence-corrected chi connectivity index (χ2v) is 11.6. The average Bonchev–Trinajstić information content (AvgIpc) is 3.34. The second kappa shape index (κ2) is 8.60. The summed E-state index contributed by atoms with van der Waals surface area (Å²) >= 11 is 0. The smallest absolute Gasteiger partial charge is 0.328 e. The summed E-state index contributed by atoms with van der Waals surface area (Å²) in [5, 5.41) is 12.0. The number of imide groups is 4. The summed E-state index contributed by atoms with van der Waals surface area (Å²) in [6.45, 7) is 1.81. The summed E-state index contributed by atoms with van der Waals surface area (Å²) < 4.78 is 0. The number of likely N-dealkylation sites (tertiary alicyclic amines) is 1. The lowest BCUT2D eigenvalue weighted by Gasteiger charge is -2.49. The second-order valence-electron chi connectivity index (χ2n) is 11.6. The van der Waals surface area contributed by atoms with Crippen molar-refractivity contribution in [3.05, 3.63) is 83.9 Å². The lowest BCUT2D eigenvalue weighted by atomic mass is 9.51. The van der Waals surface area contributed by atoms with Crippen molar-refractivity contribution in [2.75, 3.05) is 4.90 Å². The Morgan fingerprint density at radius 1 is 0.878 bits per heavy atom. The minimum Gasteiger partial charge on any atom is -0.507 e. The van der Waals surface area contributed by atoms with E-state index in [4.69, 9.17) is 5.73 Å². The van der Waals surface area contributed by atoms with Gasteiger partial charge in [0, 0.05) is 11.3 Å². The zero-order valence-corrected chi connectivity index (χ0v) is 22.2. The highest BCUT2D eigenvalue weighted by molar-refractivity contribution is 6.24. The first-order valence-electron chi connectivity index (χ1n) is 13.7. The molecule has 0 aromatic heterocycles. The van der Waals surface area contributed by atoms with Crippen LogP contribution in [0.3, 0.4) is 0 Å². The fourth-order valence-corrected chi connectivity index (χ4v) is 7.96. The molecule has 0 bridgehead atoms. The predicted octanol–water partition coefficient (Wildman–Crippen LogP) is 3.85. The first-order valence-corrected chi connectivity index (χ1v) is 13.7. The molecule has 1 saturated carbocycles. The number of rotatable bonds is 2. The molecule has 3 fully saturated rings. The van der Waals surface area contributed by atoms with Gasteiger partial charge in [-0.3, -0.25) is 19.2 Å². The van der Waals surface area contributed by atoms with Crippen LogP contribution >= 0.6 is 0 Å². The number of hydrogen-bond acceptors (Lipinski definition) is 6. The van der Waals surface area contributed by atoms with Gasteiger partial charge in [0.05, 0.1) is 28.9 Å². The normalized spacial score (nSPS) is 30.8. The van der Waals surface area contributed by atoms with E-state index in [0.717, 1.165) is 16.5 Å². The fourth-order valence-electron chi connectivity index (χ4n) is 7.96. The maximum absolute atomic E-state index is 14.5. The maximum atomic E-state index is 14.5. The van der Waals surface area contributed by atoms with Crippen molar-refractivity contribution in [3.8, 4) is 5.75 Å². The predicted molar refractivity (Wildman–Crippen MR) is 148 cm³/mol. The summed E-state index contributed by atoms with van der Waals surface area (Å²) in [7, 11) is 0. The molecule has 2 aliphatic carbocycles. The Morgan fingerprint density at radius 3 is 2.27 bits per heavy atom. The van der Waals surface area contributed by atoms with Gasteiger partial charge in [-0.2, -0.15) is 4.90 Å². The molecule has 9 nitrogen and oxygen atoms in total. The number of allylic oxidation sites excluding steroid dienone is 2.